The van der Waals surface area contributed by atoms with E-state index >= 15 is 0 Å². The molecule has 0 aromatic carbocycles. The van der Waals surface area contributed by atoms with E-state index in [0.717, 1.165) is 0 Å². The Morgan fingerprint density at radius 2 is 1.30 bits per heavy atom. The lowest BCUT2D eigenvalue weighted by atomic mass is 10.0. The normalized spacial score (nSPS) is 21.9. The highest BCUT2D eigenvalue weighted by molar-refractivity contribution is 7.88. The molecule has 3 rings (SSSR count). The molecule has 1 aromatic rings. The molecule has 2 unspecified atom stereocenters. The molecule has 0 fully saturated rings. The second kappa shape index (κ2) is 6.10. The van der Waals surface area contributed by atoms with E-state index in [9.17, 15) is 58.1 Å². The molecule has 0 aliphatic carbocycles. The number of hydrogen-bond acceptors (Lipinski definition) is 7. The zero-order valence-electron chi connectivity index (χ0n) is 13.5. The fraction of sp³-hybridized carbons (Fsp3) is 0.500. The van der Waals surface area contributed by atoms with Gasteiger partial charge in [0.15, 0.2) is 0 Å². The molecule has 30 heavy (non-hydrogen) atoms. The lowest BCUT2D eigenvalue weighted by Gasteiger charge is -2.29. The predicted molar refractivity (Wildman–Crippen MR) is 70.9 cm³/mol. The number of aromatic hydroxyl groups is 2. The molecule has 2 aliphatic rings. The van der Waals surface area contributed by atoms with Gasteiger partial charge in [0.2, 0.25) is 11.8 Å². The second-order valence-electron chi connectivity index (χ2n) is 5.81. The average Bonchev–Trinajstić information content (AvgIpc) is 3.22. The van der Waals surface area contributed by atoms with Crippen LogP contribution in [0.1, 0.15) is 23.3 Å². The first kappa shape index (κ1) is 22.3. The fourth-order valence-electron chi connectivity index (χ4n) is 2.54. The van der Waals surface area contributed by atoms with Crippen molar-refractivity contribution in [1.82, 2.24) is 4.73 Å². The van der Waals surface area contributed by atoms with Crippen LogP contribution in [0.5, 0.6) is 11.8 Å². The zero-order chi connectivity index (χ0) is 23.1. The van der Waals surface area contributed by atoms with Gasteiger partial charge in [0.25, 0.3) is 0 Å². The Kier molecular flexibility index (Phi) is 4.54. The Hall–Kier alpha value is -2.34. The SMILES string of the molecule is O=S(=O)(On1c(O)c2c(c1O)C1C=CC2O1)C(F)(F)C(F)(F)OC(F)(F)C(F)(F)F. The number of rotatable bonds is 6. The van der Waals surface area contributed by atoms with Crippen molar-refractivity contribution in [3.05, 3.63) is 23.3 Å². The fourth-order valence-corrected chi connectivity index (χ4v) is 3.30. The van der Waals surface area contributed by atoms with Crippen LogP contribution in [0.15, 0.2) is 12.2 Å². The van der Waals surface area contributed by atoms with Crippen LogP contribution in [-0.4, -0.2) is 47.0 Å². The van der Waals surface area contributed by atoms with Gasteiger partial charge in [-0.2, -0.15) is 47.9 Å². The average molecular weight is 479 g/mol. The quantitative estimate of drug-likeness (QED) is 0.478. The van der Waals surface area contributed by atoms with Gasteiger partial charge >= 0.3 is 33.8 Å². The van der Waals surface area contributed by atoms with Crippen LogP contribution in [-0.2, 0) is 19.6 Å². The van der Waals surface area contributed by atoms with Gasteiger partial charge in [0.1, 0.15) is 12.2 Å². The minimum Gasteiger partial charge on any atom is -0.492 e. The molecule has 3 heterocycles. The maximum atomic E-state index is 13.7. The smallest absolute Gasteiger partial charge is 0.483 e. The third kappa shape index (κ3) is 2.96. The molecule has 0 spiro atoms. The monoisotopic (exact) mass is 479 g/mol. The van der Waals surface area contributed by atoms with Crippen LogP contribution in [0.4, 0.5) is 39.5 Å². The first-order chi connectivity index (χ1) is 13.3. The highest BCUT2D eigenvalue weighted by Gasteiger charge is 2.76. The molecule has 0 amide bonds. The number of nitrogens with zero attached hydrogens (tertiary/aromatic N) is 1. The van der Waals surface area contributed by atoms with E-state index in [1.165, 1.54) is 12.2 Å². The minimum atomic E-state index is -7.16. The molecular formula is C12H6F9NO7S. The number of alkyl halides is 9. The molecule has 1 aromatic heterocycles. The van der Waals surface area contributed by atoms with Crippen molar-refractivity contribution in [1.29, 1.82) is 0 Å². The van der Waals surface area contributed by atoms with Crippen LogP contribution >= 0.6 is 0 Å². The number of fused-ring (bicyclic) bond motifs is 5. The van der Waals surface area contributed by atoms with Crippen molar-refractivity contribution in [3.8, 4) is 11.8 Å². The Bertz CT molecular complexity index is 979. The van der Waals surface area contributed by atoms with Gasteiger partial charge < -0.3 is 14.9 Å². The summed E-state index contributed by atoms with van der Waals surface area (Å²) in [4.78, 5) is 0. The van der Waals surface area contributed by atoms with Gasteiger partial charge in [0.05, 0.1) is 11.1 Å². The molecule has 0 radical (unpaired) electrons. The summed E-state index contributed by atoms with van der Waals surface area (Å²) >= 11 is 0. The number of ether oxygens (including phenoxy) is 2. The van der Waals surface area contributed by atoms with Gasteiger partial charge in [-0.3, -0.25) is 4.28 Å². The van der Waals surface area contributed by atoms with Gasteiger partial charge in [-0.25, -0.2) is 4.74 Å². The molecule has 0 saturated carbocycles. The number of hydrogen-bond donors (Lipinski definition) is 2. The Balaban J connectivity index is 1.94. The van der Waals surface area contributed by atoms with Gasteiger partial charge in [-0.05, 0) is 0 Å². The molecule has 18 heteroatoms. The molecule has 8 nitrogen and oxygen atoms in total. The maximum Gasteiger partial charge on any atom is 0.483 e. The Labute approximate surface area is 158 Å². The van der Waals surface area contributed by atoms with Crippen LogP contribution in [0.25, 0.3) is 0 Å². The van der Waals surface area contributed by atoms with E-state index in [1.54, 1.807) is 4.74 Å². The van der Waals surface area contributed by atoms with Crippen molar-refractivity contribution < 1.29 is 71.9 Å². The molecule has 0 saturated heterocycles. The summed E-state index contributed by atoms with van der Waals surface area (Å²) in [6, 6.07) is 0. The largest absolute Gasteiger partial charge is 0.492 e. The van der Waals surface area contributed by atoms with E-state index in [2.05, 4.69) is 4.28 Å². The van der Waals surface area contributed by atoms with E-state index in [4.69, 9.17) is 4.74 Å². The van der Waals surface area contributed by atoms with E-state index < -0.39 is 62.5 Å². The van der Waals surface area contributed by atoms with E-state index in [1.807, 2.05) is 0 Å². The molecule has 2 atom stereocenters. The van der Waals surface area contributed by atoms with Gasteiger partial charge in [-0.1, -0.05) is 16.9 Å². The lowest BCUT2D eigenvalue weighted by molar-refractivity contribution is -0.476. The van der Waals surface area contributed by atoms with E-state index in [0.29, 0.717) is 0 Å². The maximum absolute atomic E-state index is 13.7. The summed E-state index contributed by atoms with van der Waals surface area (Å²) in [5.41, 5.74) is -0.768. The third-order valence-electron chi connectivity index (χ3n) is 3.89. The summed E-state index contributed by atoms with van der Waals surface area (Å²) in [6.45, 7) is 0. The minimum absolute atomic E-state index is 0.384. The van der Waals surface area contributed by atoms with E-state index in [-0.39, 0.29) is 11.1 Å². The van der Waals surface area contributed by atoms with Gasteiger partial charge in [0, 0.05) is 0 Å². The first-order valence-electron chi connectivity index (χ1n) is 7.19. The highest BCUT2D eigenvalue weighted by Crippen LogP contribution is 2.55. The lowest BCUT2D eigenvalue weighted by Crippen LogP contribution is -2.56. The third-order valence-corrected chi connectivity index (χ3v) is 5.10. The van der Waals surface area contributed by atoms with Crippen LogP contribution in [0.2, 0.25) is 0 Å². The highest BCUT2D eigenvalue weighted by atomic mass is 32.2. The summed E-state index contributed by atoms with van der Waals surface area (Å²) in [5.74, 6) is -2.80. The Morgan fingerprint density at radius 1 is 0.867 bits per heavy atom. The van der Waals surface area contributed by atoms with Crippen molar-refractivity contribution in [3.63, 3.8) is 0 Å². The second-order valence-corrected chi connectivity index (χ2v) is 7.38. The zero-order valence-corrected chi connectivity index (χ0v) is 14.3. The summed E-state index contributed by atoms with van der Waals surface area (Å²) < 4.78 is 148. The number of aromatic nitrogens is 1. The summed E-state index contributed by atoms with van der Waals surface area (Å²) in [7, 11) is -7.16. The van der Waals surface area contributed by atoms with Crippen molar-refractivity contribution in [2.45, 2.75) is 35.9 Å². The van der Waals surface area contributed by atoms with Crippen LogP contribution in [0.3, 0.4) is 0 Å². The van der Waals surface area contributed by atoms with Crippen molar-refractivity contribution in [2.75, 3.05) is 0 Å². The summed E-state index contributed by atoms with van der Waals surface area (Å²) in [5, 5.41) is 12.8. The van der Waals surface area contributed by atoms with Crippen LogP contribution < -0.4 is 4.28 Å². The number of halogens is 9. The Morgan fingerprint density at radius 3 is 1.70 bits per heavy atom. The molecule has 2 N–H and O–H groups in total. The van der Waals surface area contributed by atoms with Crippen molar-refractivity contribution in [2.24, 2.45) is 0 Å². The molecule has 170 valence electrons. The predicted octanol–water partition coefficient (Wildman–Crippen LogP) is 2.70. The molecule has 2 aliphatic heterocycles. The van der Waals surface area contributed by atoms with Crippen LogP contribution in [0, 0.1) is 0 Å². The molecule has 2 bridgehead atoms. The van der Waals surface area contributed by atoms with Gasteiger partial charge in [-0.15, -0.1) is 0 Å². The summed E-state index contributed by atoms with van der Waals surface area (Å²) in [6.07, 6.45) is -20.4. The van der Waals surface area contributed by atoms with Crippen molar-refractivity contribution >= 4 is 10.1 Å². The molecular weight excluding hydrogens is 473 g/mol. The first-order valence-corrected chi connectivity index (χ1v) is 8.60. The topological polar surface area (TPSA) is 107 Å². The standard InChI is InChI=1S/C12H6F9NO7S/c13-9(14,15)10(16,17)28-11(18,19)12(20,21)30(25,26)29-22-7(23)5-3-1-2-4(27-3)6(5)8(22)24/h1-4,23-24H.